The van der Waals surface area contributed by atoms with Crippen molar-refractivity contribution in [2.45, 2.75) is 104 Å². The fraction of sp³-hybridized carbons (Fsp3) is 0.615. The minimum absolute atomic E-state index is 0.244. The second-order valence-electron chi connectivity index (χ2n) is 10.2. The highest BCUT2D eigenvalue weighted by Gasteiger charge is 2.52. The third-order valence-electron chi connectivity index (χ3n) is 6.97. The lowest BCUT2D eigenvalue weighted by Gasteiger charge is -2.32. The molecule has 1 aliphatic heterocycles. The molecule has 0 spiro atoms. The Morgan fingerprint density at radius 3 is 1.93 bits per heavy atom. The van der Waals surface area contributed by atoms with Gasteiger partial charge in [-0.1, -0.05) is 105 Å². The maximum Gasteiger partial charge on any atom is 0.490 e. The molecule has 1 heterocycles. The molecule has 0 atom stereocenters. The molecule has 0 N–H and O–H groups in total. The molecule has 1 aliphatic rings. The molecule has 166 valence electrons. The van der Waals surface area contributed by atoms with Gasteiger partial charge in [0.2, 0.25) is 0 Å². The Labute approximate surface area is 187 Å². The maximum absolute atomic E-state index is 6.40. The highest BCUT2D eigenvalue weighted by Crippen LogP contribution is 2.39. The van der Waals surface area contributed by atoms with Crippen LogP contribution in [0, 0.1) is 0 Å². The molecular weight excluding hydrogens is 383 g/mol. The van der Waals surface area contributed by atoms with Gasteiger partial charge in [0, 0.05) is 0 Å². The zero-order valence-electron chi connectivity index (χ0n) is 20.7. The lowest BCUT2D eigenvalue weighted by Crippen LogP contribution is -2.43. The first-order chi connectivity index (χ1) is 14.0. The van der Waals surface area contributed by atoms with Crippen LogP contribution in [0.5, 0.6) is 0 Å². The molecule has 0 aromatic heterocycles. The van der Waals surface area contributed by atoms with Crippen LogP contribution in [0.2, 0.25) is 13.1 Å². The third-order valence-corrected chi connectivity index (χ3v) is 10.8. The van der Waals surface area contributed by atoms with Crippen molar-refractivity contribution in [1.29, 1.82) is 0 Å². The summed E-state index contributed by atoms with van der Waals surface area (Å²) in [5, 5.41) is 3.12. The average Bonchev–Trinajstić information content (AvgIpc) is 2.91. The van der Waals surface area contributed by atoms with E-state index in [1.807, 2.05) is 0 Å². The van der Waals surface area contributed by atoms with Gasteiger partial charge in [-0.2, -0.15) is 0 Å². The van der Waals surface area contributed by atoms with Gasteiger partial charge in [-0.3, -0.25) is 0 Å². The molecule has 30 heavy (non-hydrogen) atoms. The van der Waals surface area contributed by atoms with Gasteiger partial charge >= 0.3 is 7.12 Å². The van der Waals surface area contributed by atoms with E-state index in [4.69, 9.17) is 9.31 Å². The largest absolute Gasteiger partial charge is 0.490 e. The summed E-state index contributed by atoms with van der Waals surface area (Å²) in [6.07, 6.45) is 11.8. The first-order valence-corrected chi connectivity index (χ1v) is 14.9. The molecular formula is C26H43BO2Si. The minimum Gasteiger partial charge on any atom is -0.400 e. The van der Waals surface area contributed by atoms with Crippen molar-refractivity contribution in [3.8, 4) is 0 Å². The van der Waals surface area contributed by atoms with Crippen LogP contribution in [-0.4, -0.2) is 26.4 Å². The van der Waals surface area contributed by atoms with Crippen LogP contribution in [0.1, 0.15) is 80.1 Å². The molecule has 2 nitrogen and oxygen atoms in total. The van der Waals surface area contributed by atoms with Crippen molar-refractivity contribution in [3.63, 3.8) is 0 Å². The summed E-state index contributed by atoms with van der Waals surface area (Å²) in [4.78, 5) is 0. The molecule has 0 bridgehead atoms. The highest BCUT2D eigenvalue weighted by atomic mass is 28.3. The minimum atomic E-state index is -1.71. The first-order valence-electron chi connectivity index (χ1n) is 11.9. The van der Waals surface area contributed by atoms with Gasteiger partial charge in [0.15, 0.2) is 0 Å². The highest BCUT2D eigenvalue weighted by molar-refractivity contribution is 6.95. The molecule has 2 rings (SSSR count). The fourth-order valence-corrected chi connectivity index (χ4v) is 6.57. The van der Waals surface area contributed by atoms with E-state index >= 15 is 0 Å². The molecule has 0 unspecified atom stereocenters. The molecule has 4 heteroatoms. The van der Waals surface area contributed by atoms with E-state index in [1.54, 1.807) is 5.20 Å². The standard InChI is InChI=1S/C26H43BO2Si/c1-9-11-16-22(27-28-25(3,4)26(5,6)29-27)20-21-24(17-12-10-2)30(7,8)23-18-14-13-15-19-23/h13-15,18-21H,9-12,16-17H2,1-8H3/b22-20-,24-21-. The monoisotopic (exact) mass is 426 g/mol. The fourth-order valence-electron chi connectivity index (χ4n) is 3.87. The van der Waals surface area contributed by atoms with E-state index in [1.165, 1.54) is 36.3 Å². The normalized spacial score (nSPS) is 19.4. The van der Waals surface area contributed by atoms with E-state index < -0.39 is 8.07 Å². The second kappa shape index (κ2) is 10.5. The lowest BCUT2D eigenvalue weighted by atomic mass is 9.75. The van der Waals surface area contributed by atoms with Crippen molar-refractivity contribution < 1.29 is 9.31 Å². The summed E-state index contributed by atoms with van der Waals surface area (Å²) < 4.78 is 12.8. The van der Waals surface area contributed by atoms with Gasteiger partial charge in [-0.15, -0.1) is 0 Å². The lowest BCUT2D eigenvalue weighted by molar-refractivity contribution is 0.00578. The molecule has 1 aromatic rings. The first kappa shape index (κ1) is 25.2. The van der Waals surface area contributed by atoms with E-state index in [-0.39, 0.29) is 18.3 Å². The Bertz CT molecular complexity index is 719. The summed E-state index contributed by atoms with van der Waals surface area (Å²) >= 11 is 0. The summed E-state index contributed by atoms with van der Waals surface area (Å²) in [5.41, 5.74) is 0.688. The van der Waals surface area contributed by atoms with Gasteiger partial charge in [0.05, 0.1) is 11.2 Å². The third kappa shape index (κ3) is 5.99. The van der Waals surface area contributed by atoms with Crippen LogP contribution in [0.15, 0.2) is 53.2 Å². The van der Waals surface area contributed by atoms with E-state index in [2.05, 4.69) is 97.1 Å². The van der Waals surface area contributed by atoms with Crippen LogP contribution >= 0.6 is 0 Å². The number of allylic oxidation sites excluding steroid dienone is 4. The number of hydrogen-bond acceptors (Lipinski definition) is 2. The predicted octanol–water partition coefficient (Wildman–Crippen LogP) is 7.01. The Hall–Kier alpha value is -1.10. The van der Waals surface area contributed by atoms with Crippen LogP contribution in [0.4, 0.5) is 0 Å². The van der Waals surface area contributed by atoms with Crippen LogP contribution < -0.4 is 5.19 Å². The Kier molecular flexibility index (Phi) is 8.79. The van der Waals surface area contributed by atoms with Gasteiger partial charge in [0.25, 0.3) is 0 Å². The number of rotatable bonds is 10. The van der Waals surface area contributed by atoms with Crippen molar-refractivity contribution in [2.24, 2.45) is 0 Å². The summed E-state index contributed by atoms with van der Waals surface area (Å²) in [7, 11) is -1.95. The molecule has 1 saturated heterocycles. The number of hydrogen-bond donors (Lipinski definition) is 0. The SMILES string of the molecule is CCCC/C(=C/C=C(/CCCC)B1OC(C)(C)C(C)(C)O1)[Si](C)(C)c1ccccc1. The molecule has 0 amide bonds. The molecule has 0 aliphatic carbocycles. The van der Waals surface area contributed by atoms with Gasteiger partial charge in [-0.25, -0.2) is 0 Å². The number of benzene rings is 1. The van der Waals surface area contributed by atoms with E-state index in [0.717, 1.165) is 12.8 Å². The molecule has 1 aromatic carbocycles. The molecule has 0 saturated carbocycles. The van der Waals surface area contributed by atoms with Gasteiger partial charge < -0.3 is 9.31 Å². The van der Waals surface area contributed by atoms with Crippen molar-refractivity contribution >= 4 is 20.4 Å². The van der Waals surface area contributed by atoms with E-state index in [0.29, 0.717) is 0 Å². The van der Waals surface area contributed by atoms with E-state index in [9.17, 15) is 0 Å². The van der Waals surface area contributed by atoms with Crippen molar-refractivity contribution in [3.05, 3.63) is 53.2 Å². The van der Waals surface area contributed by atoms with Crippen molar-refractivity contribution in [1.82, 2.24) is 0 Å². The van der Waals surface area contributed by atoms with Crippen LogP contribution in [0.25, 0.3) is 0 Å². The maximum atomic E-state index is 6.40. The summed E-state index contributed by atoms with van der Waals surface area (Å²) in [5.74, 6) is 0. The zero-order valence-corrected chi connectivity index (χ0v) is 21.7. The predicted molar refractivity (Wildman–Crippen MR) is 135 cm³/mol. The smallest absolute Gasteiger partial charge is 0.400 e. The number of unbranched alkanes of at least 4 members (excludes halogenated alkanes) is 2. The average molecular weight is 427 g/mol. The second-order valence-corrected chi connectivity index (χ2v) is 14.7. The molecule has 1 fully saturated rings. The van der Waals surface area contributed by atoms with Crippen LogP contribution in [-0.2, 0) is 9.31 Å². The Morgan fingerprint density at radius 1 is 0.867 bits per heavy atom. The van der Waals surface area contributed by atoms with Crippen molar-refractivity contribution in [2.75, 3.05) is 0 Å². The Morgan fingerprint density at radius 2 is 1.40 bits per heavy atom. The topological polar surface area (TPSA) is 18.5 Å². The van der Waals surface area contributed by atoms with Gasteiger partial charge in [0.1, 0.15) is 8.07 Å². The zero-order chi connectivity index (χ0) is 22.4. The molecule has 0 radical (unpaired) electrons. The quantitative estimate of drug-likeness (QED) is 0.296. The summed E-state index contributed by atoms with van der Waals surface area (Å²) in [6.45, 7) is 18.0. The van der Waals surface area contributed by atoms with Crippen LogP contribution in [0.3, 0.4) is 0 Å². The van der Waals surface area contributed by atoms with Gasteiger partial charge in [-0.05, 0) is 46.0 Å². The Balaban J connectivity index is 2.39. The summed E-state index contributed by atoms with van der Waals surface area (Å²) in [6, 6.07) is 11.1.